The average molecular weight is 373 g/mol. The lowest BCUT2D eigenvalue weighted by Crippen LogP contribution is -2.31. The topological polar surface area (TPSA) is 38.0 Å². The number of hydrogen-bond acceptors (Lipinski definition) is 2. The minimum atomic E-state index is -0.620. The summed E-state index contributed by atoms with van der Waals surface area (Å²) in [5, 5.41) is 3.18. The summed E-state index contributed by atoms with van der Waals surface area (Å²) in [5.74, 6) is -1.59. The summed E-state index contributed by atoms with van der Waals surface area (Å²) in [5.41, 5.74) is 6.89. The minimum absolute atomic E-state index is 0.247. The molecule has 2 unspecified atom stereocenters. The summed E-state index contributed by atoms with van der Waals surface area (Å²) in [6, 6.07) is 7.09. The Morgan fingerprint density at radius 1 is 1.05 bits per heavy atom. The van der Waals surface area contributed by atoms with Crippen LogP contribution in [0.4, 0.5) is 13.2 Å². The Hall–Kier alpha value is -1.37. The van der Waals surface area contributed by atoms with Crippen LogP contribution in [0.15, 0.2) is 40.9 Å². The van der Waals surface area contributed by atoms with E-state index in [0.29, 0.717) is 10.0 Å². The zero-order valence-electron chi connectivity index (χ0n) is 11.9. The third-order valence-electron chi connectivity index (χ3n) is 3.45. The highest BCUT2D eigenvalue weighted by atomic mass is 79.9. The summed E-state index contributed by atoms with van der Waals surface area (Å²) in [7, 11) is 0. The number of rotatable bonds is 5. The van der Waals surface area contributed by atoms with Crippen molar-refractivity contribution in [2.75, 3.05) is 6.54 Å². The van der Waals surface area contributed by atoms with Crippen molar-refractivity contribution in [1.29, 1.82) is 0 Å². The van der Waals surface area contributed by atoms with E-state index in [4.69, 9.17) is 5.73 Å². The van der Waals surface area contributed by atoms with Gasteiger partial charge in [0.25, 0.3) is 0 Å². The third-order valence-corrected chi connectivity index (χ3v) is 4.14. The monoisotopic (exact) mass is 372 g/mol. The number of benzene rings is 2. The minimum Gasteiger partial charge on any atom is -0.329 e. The predicted octanol–water partition coefficient (Wildman–Crippen LogP) is 4.22. The maximum atomic E-state index is 13.8. The molecule has 2 aromatic rings. The Balaban J connectivity index is 2.22. The van der Waals surface area contributed by atoms with Crippen LogP contribution in [-0.2, 0) is 0 Å². The zero-order valence-corrected chi connectivity index (χ0v) is 13.5. The van der Waals surface area contributed by atoms with Gasteiger partial charge in [-0.1, -0.05) is 28.1 Å². The Labute approximate surface area is 135 Å². The first-order valence-electron chi connectivity index (χ1n) is 6.78. The fourth-order valence-corrected chi connectivity index (χ4v) is 2.94. The molecular formula is C16H16BrF3N2. The molecule has 0 heterocycles. The molecule has 2 aromatic carbocycles. The van der Waals surface area contributed by atoms with Crippen molar-refractivity contribution < 1.29 is 13.2 Å². The maximum Gasteiger partial charge on any atom is 0.130 e. The van der Waals surface area contributed by atoms with E-state index in [1.54, 1.807) is 13.0 Å². The second kappa shape index (κ2) is 7.26. The molecule has 6 heteroatoms. The quantitative estimate of drug-likeness (QED) is 0.824. The summed E-state index contributed by atoms with van der Waals surface area (Å²) < 4.78 is 40.5. The van der Waals surface area contributed by atoms with Gasteiger partial charge in [0.1, 0.15) is 17.5 Å². The molecule has 0 aliphatic rings. The van der Waals surface area contributed by atoms with Gasteiger partial charge in [-0.3, -0.25) is 0 Å². The van der Waals surface area contributed by atoms with Crippen LogP contribution in [0.3, 0.4) is 0 Å². The van der Waals surface area contributed by atoms with Crippen molar-refractivity contribution in [3.63, 3.8) is 0 Å². The Morgan fingerprint density at radius 3 is 2.18 bits per heavy atom. The fourth-order valence-electron chi connectivity index (χ4n) is 2.31. The van der Waals surface area contributed by atoms with Crippen LogP contribution in [0.25, 0.3) is 0 Å². The molecule has 0 aliphatic carbocycles. The Kier molecular flexibility index (Phi) is 5.61. The smallest absolute Gasteiger partial charge is 0.130 e. The largest absolute Gasteiger partial charge is 0.329 e. The summed E-state index contributed by atoms with van der Waals surface area (Å²) in [4.78, 5) is 0. The van der Waals surface area contributed by atoms with Crippen LogP contribution in [-0.4, -0.2) is 6.54 Å². The van der Waals surface area contributed by atoms with Crippen LogP contribution < -0.4 is 11.1 Å². The Morgan fingerprint density at radius 2 is 1.64 bits per heavy atom. The molecule has 0 amide bonds. The van der Waals surface area contributed by atoms with Crippen molar-refractivity contribution in [2.45, 2.75) is 19.0 Å². The number of nitrogens with two attached hydrogens (primary N) is 1. The second-order valence-corrected chi connectivity index (χ2v) is 5.86. The van der Waals surface area contributed by atoms with E-state index >= 15 is 0 Å². The number of halogens is 4. The van der Waals surface area contributed by atoms with E-state index in [2.05, 4.69) is 21.2 Å². The lowest BCUT2D eigenvalue weighted by molar-refractivity contribution is 0.453. The van der Waals surface area contributed by atoms with Gasteiger partial charge in [-0.2, -0.15) is 0 Å². The standard InChI is InChI=1S/C16H16BrF3N2/c1-9(12-4-2-11(19)7-15(12)20)22-16(8-21)13-5-3-10(18)6-14(13)17/h2-7,9,16,22H,8,21H2,1H3. The van der Waals surface area contributed by atoms with Gasteiger partial charge in [-0.25, -0.2) is 13.2 Å². The molecule has 0 spiro atoms. The highest BCUT2D eigenvalue weighted by Crippen LogP contribution is 2.27. The van der Waals surface area contributed by atoms with Crippen LogP contribution in [0, 0.1) is 17.5 Å². The van der Waals surface area contributed by atoms with E-state index < -0.39 is 11.6 Å². The average Bonchev–Trinajstić information content (AvgIpc) is 2.45. The molecule has 0 aliphatic heterocycles. The van der Waals surface area contributed by atoms with Crippen molar-refractivity contribution in [2.24, 2.45) is 5.73 Å². The lowest BCUT2D eigenvalue weighted by atomic mass is 10.0. The zero-order chi connectivity index (χ0) is 16.3. The van der Waals surface area contributed by atoms with E-state index in [9.17, 15) is 13.2 Å². The van der Waals surface area contributed by atoms with Crippen LogP contribution in [0.1, 0.15) is 30.1 Å². The number of hydrogen-bond donors (Lipinski definition) is 2. The molecule has 22 heavy (non-hydrogen) atoms. The molecule has 2 nitrogen and oxygen atoms in total. The van der Waals surface area contributed by atoms with Crippen LogP contribution in [0.2, 0.25) is 0 Å². The van der Waals surface area contributed by atoms with E-state index in [1.165, 1.54) is 24.3 Å². The van der Waals surface area contributed by atoms with Crippen LogP contribution >= 0.6 is 15.9 Å². The highest BCUT2D eigenvalue weighted by Gasteiger charge is 2.19. The molecule has 2 rings (SSSR count). The molecule has 118 valence electrons. The molecular weight excluding hydrogens is 357 g/mol. The summed E-state index contributed by atoms with van der Waals surface area (Å²) >= 11 is 3.30. The van der Waals surface area contributed by atoms with Gasteiger partial charge in [-0.15, -0.1) is 0 Å². The fraction of sp³-hybridized carbons (Fsp3) is 0.250. The molecule has 2 atom stereocenters. The maximum absolute atomic E-state index is 13.8. The Bertz CT molecular complexity index is 664. The van der Waals surface area contributed by atoms with Gasteiger partial charge in [-0.05, 0) is 30.7 Å². The third kappa shape index (κ3) is 3.88. The molecule has 0 aromatic heterocycles. The van der Waals surface area contributed by atoms with Crippen molar-refractivity contribution in [3.8, 4) is 0 Å². The van der Waals surface area contributed by atoms with Crippen molar-refractivity contribution >= 4 is 15.9 Å². The van der Waals surface area contributed by atoms with Gasteiger partial charge in [0.2, 0.25) is 0 Å². The molecule has 3 N–H and O–H groups in total. The first kappa shape index (κ1) is 17.0. The summed E-state index contributed by atoms with van der Waals surface area (Å²) in [6.45, 7) is 2.01. The van der Waals surface area contributed by atoms with E-state index in [-0.39, 0.29) is 24.4 Å². The molecule has 0 saturated carbocycles. The molecule has 0 bridgehead atoms. The molecule has 0 saturated heterocycles. The first-order chi connectivity index (χ1) is 10.4. The van der Waals surface area contributed by atoms with Crippen molar-refractivity contribution in [3.05, 3.63) is 69.4 Å². The van der Waals surface area contributed by atoms with Gasteiger partial charge < -0.3 is 11.1 Å². The highest BCUT2D eigenvalue weighted by molar-refractivity contribution is 9.10. The van der Waals surface area contributed by atoms with Crippen LogP contribution in [0.5, 0.6) is 0 Å². The SMILES string of the molecule is CC(NC(CN)c1ccc(F)cc1Br)c1ccc(F)cc1F. The van der Waals surface area contributed by atoms with E-state index in [1.807, 2.05) is 0 Å². The van der Waals surface area contributed by atoms with Gasteiger partial charge in [0.05, 0.1) is 0 Å². The predicted molar refractivity (Wildman–Crippen MR) is 83.8 cm³/mol. The van der Waals surface area contributed by atoms with Crippen molar-refractivity contribution in [1.82, 2.24) is 5.32 Å². The number of nitrogens with one attached hydrogen (secondary N) is 1. The van der Waals surface area contributed by atoms with Gasteiger partial charge in [0, 0.05) is 34.7 Å². The second-order valence-electron chi connectivity index (χ2n) is 5.01. The molecule has 0 radical (unpaired) electrons. The normalized spacial score (nSPS) is 13.9. The lowest BCUT2D eigenvalue weighted by Gasteiger charge is -2.24. The molecule has 0 fully saturated rings. The van der Waals surface area contributed by atoms with Gasteiger partial charge in [0.15, 0.2) is 0 Å². The summed E-state index contributed by atoms with van der Waals surface area (Å²) in [6.07, 6.45) is 0. The first-order valence-corrected chi connectivity index (χ1v) is 7.57. The van der Waals surface area contributed by atoms with Gasteiger partial charge >= 0.3 is 0 Å². The van der Waals surface area contributed by atoms with E-state index in [0.717, 1.165) is 11.6 Å².